The number of halogens is 1. The highest BCUT2D eigenvalue weighted by molar-refractivity contribution is 5.90. The van der Waals surface area contributed by atoms with Gasteiger partial charge in [-0.25, -0.2) is 9.37 Å². The minimum atomic E-state index is -0.364. The fraction of sp³-hybridized carbons (Fsp3) is 0.379. The van der Waals surface area contributed by atoms with E-state index in [1.54, 1.807) is 41.2 Å². The molecular weight excluding hydrogens is 555 g/mol. The lowest BCUT2D eigenvalue weighted by Gasteiger charge is -2.36. The Morgan fingerprint density at radius 3 is 2.77 bits per heavy atom. The molecule has 1 fully saturated rings. The molecule has 5 heterocycles. The van der Waals surface area contributed by atoms with Gasteiger partial charge in [0.25, 0.3) is 5.91 Å². The van der Waals surface area contributed by atoms with Crippen LogP contribution in [0.25, 0.3) is 28.1 Å². The summed E-state index contributed by atoms with van der Waals surface area (Å²) in [6, 6.07) is 10.3. The quantitative estimate of drug-likeness (QED) is 0.235. The number of nitrogens with one attached hydrogen (secondary N) is 1. The molecule has 13 nitrogen and oxygen atoms in total. The summed E-state index contributed by atoms with van der Waals surface area (Å²) in [5, 5.41) is 7.53. The third-order valence-corrected chi connectivity index (χ3v) is 7.75. The van der Waals surface area contributed by atoms with Crippen molar-refractivity contribution in [3.05, 3.63) is 54.8 Å². The molecule has 43 heavy (non-hydrogen) atoms. The predicted octanol–water partition coefficient (Wildman–Crippen LogP) is 1.94. The fourth-order valence-corrected chi connectivity index (χ4v) is 5.22. The zero-order valence-electron chi connectivity index (χ0n) is 24.2. The summed E-state index contributed by atoms with van der Waals surface area (Å²) in [7, 11) is 3.54. The Kier molecular flexibility index (Phi) is 8.11. The molecule has 1 aromatic carbocycles. The van der Waals surface area contributed by atoms with Gasteiger partial charge in [-0.05, 0) is 37.4 Å². The zero-order chi connectivity index (χ0) is 29.9. The smallest absolute Gasteiger partial charge is 0.260 e. The van der Waals surface area contributed by atoms with Crippen LogP contribution in [0.4, 0.5) is 16.0 Å². The minimum Gasteiger partial charge on any atom is -0.484 e. The van der Waals surface area contributed by atoms with Crippen molar-refractivity contribution in [2.75, 3.05) is 77.1 Å². The molecule has 226 valence electrons. The monoisotopic (exact) mass is 590 g/mol. The number of nitrogens with zero attached hydrogens (tertiary/aromatic N) is 8. The molecule has 0 unspecified atom stereocenters. The van der Waals surface area contributed by atoms with E-state index in [1.165, 1.54) is 6.07 Å². The summed E-state index contributed by atoms with van der Waals surface area (Å²) in [5.74, 6) is 0.736. The van der Waals surface area contributed by atoms with Crippen LogP contribution in [-0.2, 0) is 11.3 Å². The Morgan fingerprint density at radius 1 is 1.19 bits per heavy atom. The number of aromatic nitrogens is 5. The van der Waals surface area contributed by atoms with Crippen LogP contribution in [0.15, 0.2) is 53.4 Å². The number of piperazine rings is 1. The maximum absolute atomic E-state index is 15.0. The summed E-state index contributed by atoms with van der Waals surface area (Å²) < 4.78 is 29.6. The molecule has 4 aromatic heterocycles. The van der Waals surface area contributed by atoms with Gasteiger partial charge < -0.3 is 34.6 Å². The molecule has 14 heteroatoms. The van der Waals surface area contributed by atoms with Gasteiger partial charge in [0.05, 0.1) is 18.3 Å². The summed E-state index contributed by atoms with van der Waals surface area (Å²) in [6.45, 7) is 5.55. The maximum Gasteiger partial charge on any atom is 0.260 e. The van der Waals surface area contributed by atoms with Gasteiger partial charge in [0.1, 0.15) is 28.3 Å². The van der Waals surface area contributed by atoms with Crippen molar-refractivity contribution < 1.29 is 18.3 Å². The van der Waals surface area contributed by atoms with Crippen LogP contribution in [0.3, 0.4) is 0 Å². The van der Waals surface area contributed by atoms with E-state index < -0.39 is 0 Å². The van der Waals surface area contributed by atoms with Crippen molar-refractivity contribution in [3.8, 4) is 17.2 Å². The number of rotatable bonds is 11. The molecule has 6 rings (SSSR count). The second-order valence-electron chi connectivity index (χ2n) is 10.5. The number of furan rings is 1. The molecule has 3 N–H and O–H groups in total. The van der Waals surface area contributed by atoms with Crippen LogP contribution in [0.5, 0.6) is 5.75 Å². The molecule has 5 aromatic rings. The number of carbonyl (C=O) groups is 1. The second-order valence-corrected chi connectivity index (χ2v) is 10.5. The van der Waals surface area contributed by atoms with E-state index in [1.807, 2.05) is 34.7 Å². The summed E-state index contributed by atoms with van der Waals surface area (Å²) >= 11 is 0. The number of ether oxygens (including phenoxy) is 1. The number of hydrogen-bond donors (Lipinski definition) is 2. The summed E-state index contributed by atoms with van der Waals surface area (Å²) in [5.41, 5.74) is 9.63. The fourth-order valence-electron chi connectivity index (χ4n) is 5.22. The summed E-state index contributed by atoms with van der Waals surface area (Å²) in [4.78, 5) is 27.3. The van der Waals surface area contributed by atoms with Gasteiger partial charge in [0.15, 0.2) is 18.0 Å². The number of likely N-dealkylation sites (N-methyl/N-ethyl adjacent to an activating group) is 2. The van der Waals surface area contributed by atoms with E-state index in [2.05, 4.69) is 25.3 Å². The average Bonchev–Trinajstić information content (AvgIpc) is 3.78. The normalized spacial score (nSPS) is 14.2. The van der Waals surface area contributed by atoms with Gasteiger partial charge in [-0.3, -0.25) is 9.69 Å². The number of fused-ring (bicyclic) bond motifs is 3. The number of nitrogen functional groups attached to an aromatic ring is 1. The van der Waals surface area contributed by atoms with Crippen LogP contribution in [0, 0.1) is 5.82 Å². The van der Waals surface area contributed by atoms with Gasteiger partial charge in [-0.1, -0.05) is 0 Å². The van der Waals surface area contributed by atoms with E-state index in [0.29, 0.717) is 61.3 Å². The van der Waals surface area contributed by atoms with E-state index in [4.69, 9.17) is 14.9 Å². The maximum atomic E-state index is 15.0. The highest BCUT2D eigenvalue weighted by Gasteiger charge is 2.21. The van der Waals surface area contributed by atoms with E-state index in [0.717, 1.165) is 30.7 Å². The number of amides is 1. The molecule has 0 saturated carbocycles. The molecule has 1 amide bonds. The molecule has 0 radical (unpaired) electrons. The average molecular weight is 591 g/mol. The molecular formula is C29H35FN10O3. The molecule has 0 spiro atoms. The van der Waals surface area contributed by atoms with E-state index in [9.17, 15) is 4.79 Å². The Balaban J connectivity index is 1.04. The Hall–Kier alpha value is -4.69. The lowest BCUT2D eigenvalue weighted by molar-refractivity contribution is -0.132. The van der Waals surface area contributed by atoms with Crippen LogP contribution in [-0.4, -0.2) is 106 Å². The lowest BCUT2D eigenvalue weighted by atomic mass is 10.2. The Labute approximate surface area is 247 Å². The zero-order valence-corrected chi connectivity index (χ0v) is 24.2. The van der Waals surface area contributed by atoms with Crippen LogP contribution < -0.4 is 20.7 Å². The number of hydrogen-bond acceptors (Lipinski definition) is 10. The SMILES string of the molecule is CNCCN(C)C(=O)COc1ccc(N2CCN(CCn3cnc4c3nc(N)n3nc(-c5ccco5)cc43)CC2)c(F)c1. The van der Waals surface area contributed by atoms with E-state index >= 15 is 4.39 Å². The van der Waals surface area contributed by atoms with Gasteiger partial charge in [0, 0.05) is 65.5 Å². The minimum absolute atomic E-state index is 0.134. The van der Waals surface area contributed by atoms with Crippen molar-refractivity contribution in [1.82, 2.24) is 39.3 Å². The third kappa shape index (κ3) is 5.96. The van der Waals surface area contributed by atoms with Crippen molar-refractivity contribution in [2.45, 2.75) is 6.54 Å². The van der Waals surface area contributed by atoms with E-state index in [-0.39, 0.29) is 24.3 Å². The first-order chi connectivity index (χ1) is 20.9. The summed E-state index contributed by atoms with van der Waals surface area (Å²) in [6.07, 6.45) is 3.38. The highest BCUT2D eigenvalue weighted by Crippen LogP contribution is 2.27. The first-order valence-corrected chi connectivity index (χ1v) is 14.2. The number of imidazole rings is 1. The standard InChI is InChI=1S/C29H35FN10O3/c1-32-7-8-36(2)26(41)18-43-20-5-6-23(21(30)16-20)38-12-9-37(10-13-38)11-14-39-19-33-27-24-17-22(25-4-3-15-42-25)35-40(24)29(31)34-28(27)39/h3-6,15-17,19,32H,7-14,18H2,1-2H3,(H2,31,34). The number of nitrogens with two attached hydrogens (primary N) is 1. The molecule has 0 bridgehead atoms. The Morgan fingerprint density at radius 2 is 2.02 bits per heavy atom. The molecule has 1 aliphatic rings. The van der Waals surface area contributed by atoms with Crippen molar-refractivity contribution >= 4 is 34.2 Å². The van der Waals surface area contributed by atoms with Crippen molar-refractivity contribution in [1.29, 1.82) is 0 Å². The van der Waals surface area contributed by atoms with Gasteiger partial charge in [0.2, 0.25) is 5.95 Å². The highest BCUT2D eigenvalue weighted by atomic mass is 19.1. The van der Waals surface area contributed by atoms with Crippen molar-refractivity contribution in [2.24, 2.45) is 0 Å². The largest absolute Gasteiger partial charge is 0.484 e. The first-order valence-electron chi connectivity index (χ1n) is 14.2. The lowest BCUT2D eigenvalue weighted by Crippen LogP contribution is -2.47. The molecule has 1 saturated heterocycles. The van der Waals surface area contributed by atoms with Crippen LogP contribution >= 0.6 is 0 Å². The predicted molar refractivity (Wildman–Crippen MR) is 161 cm³/mol. The van der Waals surface area contributed by atoms with Gasteiger partial charge in [-0.15, -0.1) is 0 Å². The van der Waals surface area contributed by atoms with Crippen LogP contribution in [0.1, 0.15) is 0 Å². The van der Waals surface area contributed by atoms with Gasteiger partial charge in [-0.2, -0.15) is 14.6 Å². The van der Waals surface area contributed by atoms with Crippen molar-refractivity contribution in [3.63, 3.8) is 0 Å². The number of anilines is 2. The Bertz CT molecular complexity index is 1710. The second kappa shape index (κ2) is 12.3. The molecule has 1 aliphatic heterocycles. The topological polar surface area (TPSA) is 135 Å². The van der Waals surface area contributed by atoms with Crippen LogP contribution in [0.2, 0.25) is 0 Å². The third-order valence-electron chi connectivity index (χ3n) is 7.75. The van der Waals surface area contributed by atoms with Gasteiger partial charge >= 0.3 is 0 Å². The number of benzene rings is 1. The molecule has 0 aliphatic carbocycles. The first kappa shape index (κ1) is 28.4. The number of carbonyl (C=O) groups excluding carboxylic acids is 1. The molecule has 0 atom stereocenters.